The lowest BCUT2D eigenvalue weighted by Crippen LogP contribution is -2.40. The average molecular weight is 398 g/mol. The van der Waals surface area contributed by atoms with E-state index in [2.05, 4.69) is 30.5 Å². The van der Waals surface area contributed by atoms with E-state index in [-0.39, 0.29) is 17.8 Å². The zero-order valence-electron chi connectivity index (χ0n) is 16.3. The summed E-state index contributed by atoms with van der Waals surface area (Å²) in [5.41, 5.74) is 3.84. The van der Waals surface area contributed by atoms with Gasteiger partial charge in [0.1, 0.15) is 0 Å². The van der Waals surface area contributed by atoms with E-state index in [9.17, 15) is 9.59 Å². The third-order valence-electron chi connectivity index (χ3n) is 5.40. The van der Waals surface area contributed by atoms with Crippen LogP contribution in [0.2, 0.25) is 0 Å². The van der Waals surface area contributed by atoms with Crippen LogP contribution in [0.4, 0.5) is 0 Å². The Morgan fingerprint density at radius 3 is 2.43 bits per heavy atom. The molecule has 0 saturated carbocycles. The summed E-state index contributed by atoms with van der Waals surface area (Å²) in [5, 5.41) is 0.915. The standard InChI is InChI=1S/C21H23N3O3S/c1-13-4-5-14(2)24(13)21-22-17-7-6-16(12-18(17)28-21)19(25)23-10-8-15(9-11-23)20(26)27-3/h4-7,12,15H,8-11H2,1-3H3. The van der Waals surface area contributed by atoms with E-state index < -0.39 is 0 Å². The van der Waals surface area contributed by atoms with Crippen molar-refractivity contribution in [1.82, 2.24) is 14.5 Å². The molecule has 2 aromatic heterocycles. The molecule has 4 rings (SSSR count). The number of fused-ring (bicyclic) bond motifs is 1. The molecule has 1 amide bonds. The topological polar surface area (TPSA) is 64.4 Å². The highest BCUT2D eigenvalue weighted by molar-refractivity contribution is 7.20. The van der Waals surface area contributed by atoms with Gasteiger partial charge in [0.2, 0.25) is 0 Å². The fraction of sp³-hybridized carbons (Fsp3) is 0.381. The Kier molecular flexibility index (Phi) is 4.93. The number of hydrogen-bond acceptors (Lipinski definition) is 5. The predicted octanol–water partition coefficient (Wildman–Crippen LogP) is 3.73. The summed E-state index contributed by atoms with van der Waals surface area (Å²) in [6, 6.07) is 9.84. The van der Waals surface area contributed by atoms with Crippen LogP contribution in [0.15, 0.2) is 30.3 Å². The van der Waals surface area contributed by atoms with E-state index in [1.807, 2.05) is 23.1 Å². The summed E-state index contributed by atoms with van der Waals surface area (Å²) in [4.78, 5) is 31.2. The van der Waals surface area contributed by atoms with Gasteiger partial charge in [-0.3, -0.25) is 14.2 Å². The van der Waals surface area contributed by atoms with Crippen molar-refractivity contribution >= 4 is 33.4 Å². The van der Waals surface area contributed by atoms with Gasteiger partial charge in [0, 0.05) is 30.0 Å². The minimum Gasteiger partial charge on any atom is -0.469 e. The summed E-state index contributed by atoms with van der Waals surface area (Å²) in [6.07, 6.45) is 1.30. The highest BCUT2D eigenvalue weighted by Gasteiger charge is 2.28. The molecule has 0 unspecified atom stereocenters. The van der Waals surface area contributed by atoms with Gasteiger partial charge in [0.25, 0.3) is 5.91 Å². The zero-order valence-corrected chi connectivity index (χ0v) is 17.1. The van der Waals surface area contributed by atoms with Crippen molar-refractivity contribution in [2.45, 2.75) is 26.7 Å². The number of carbonyl (C=O) groups is 2. The third-order valence-corrected chi connectivity index (χ3v) is 6.41. The number of carbonyl (C=O) groups excluding carboxylic acids is 2. The van der Waals surface area contributed by atoms with Gasteiger partial charge in [-0.25, -0.2) is 4.98 Å². The van der Waals surface area contributed by atoms with Crippen molar-refractivity contribution in [2.24, 2.45) is 5.92 Å². The second kappa shape index (κ2) is 7.39. The number of likely N-dealkylation sites (tertiary alicyclic amines) is 1. The molecule has 1 aliphatic rings. The first-order valence-electron chi connectivity index (χ1n) is 9.41. The third kappa shape index (κ3) is 3.30. The number of amides is 1. The van der Waals surface area contributed by atoms with Gasteiger partial charge in [0.15, 0.2) is 5.13 Å². The monoisotopic (exact) mass is 397 g/mol. The van der Waals surface area contributed by atoms with Gasteiger partial charge in [-0.1, -0.05) is 11.3 Å². The lowest BCUT2D eigenvalue weighted by atomic mass is 9.96. The molecule has 1 aromatic carbocycles. The van der Waals surface area contributed by atoms with Crippen molar-refractivity contribution in [3.63, 3.8) is 0 Å². The van der Waals surface area contributed by atoms with E-state index in [0.717, 1.165) is 26.7 Å². The molecule has 3 heterocycles. The molecule has 1 saturated heterocycles. The highest BCUT2D eigenvalue weighted by Crippen LogP contribution is 2.29. The first kappa shape index (κ1) is 18.7. The quantitative estimate of drug-likeness (QED) is 0.632. The van der Waals surface area contributed by atoms with Crippen LogP contribution in [0.25, 0.3) is 15.3 Å². The van der Waals surface area contributed by atoms with Crippen molar-refractivity contribution < 1.29 is 14.3 Å². The number of rotatable bonds is 3. The SMILES string of the molecule is COC(=O)C1CCN(C(=O)c2ccc3nc(-n4c(C)ccc4C)sc3c2)CC1. The van der Waals surface area contributed by atoms with Crippen LogP contribution >= 0.6 is 11.3 Å². The fourth-order valence-corrected chi connectivity index (χ4v) is 4.90. The molecule has 0 spiro atoms. The van der Waals surface area contributed by atoms with Gasteiger partial charge in [-0.05, 0) is 57.0 Å². The fourth-order valence-electron chi connectivity index (χ4n) is 3.78. The minimum atomic E-state index is -0.179. The molecule has 1 fully saturated rings. The Labute approximate surface area is 167 Å². The second-order valence-electron chi connectivity index (χ2n) is 7.22. The van der Waals surface area contributed by atoms with Crippen LogP contribution in [0.1, 0.15) is 34.6 Å². The predicted molar refractivity (Wildman–Crippen MR) is 109 cm³/mol. The number of piperidine rings is 1. The number of aryl methyl sites for hydroxylation is 2. The second-order valence-corrected chi connectivity index (χ2v) is 8.23. The van der Waals surface area contributed by atoms with E-state index in [1.165, 1.54) is 7.11 Å². The van der Waals surface area contributed by atoms with Crippen LogP contribution in [-0.2, 0) is 9.53 Å². The van der Waals surface area contributed by atoms with Crippen LogP contribution in [0.3, 0.4) is 0 Å². The Hall–Kier alpha value is -2.67. The molecule has 7 heteroatoms. The van der Waals surface area contributed by atoms with Crippen LogP contribution < -0.4 is 0 Å². The molecular formula is C21H23N3O3S. The van der Waals surface area contributed by atoms with Crippen molar-refractivity contribution in [1.29, 1.82) is 0 Å². The summed E-state index contributed by atoms with van der Waals surface area (Å²) >= 11 is 1.59. The number of ether oxygens (including phenoxy) is 1. The number of thiazole rings is 1. The normalized spacial score (nSPS) is 15.2. The Balaban J connectivity index is 1.55. The van der Waals surface area contributed by atoms with Gasteiger partial charge >= 0.3 is 5.97 Å². The summed E-state index contributed by atoms with van der Waals surface area (Å²) in [7, 11) is 1.41. The number of hydrogen-bond donors (Lipinski definition) is 0. The Bertz CT molecular complexity index is 1030. The van der Waals surface area contributed by atoms with Crippen LogP contribution in [0, 0.1) is 19.8 Å². The molecule has 0 aliphatic carbocycles. The smallest absolute Gasteiger partial charge is 0.308 e. The first-order valence-corrected chi connectivity index (χ1v) is 10.2. The highest BCUT2D eigenvalue weighted by atomic mass is 32.1. The van der Waals surface area contributed by atoms with Crippen LogP contribution in [-0.4, -0.2) is 46.5 Å². The molecule has 6 nitrogen and oxygen atoms in total. The van der Waals surface area contributed by atoms with Gasteiger partial charge in [0.05, 0.1) is 23.2 Å². The average Bonchev–Trinajstić information content (AvgIpc) is 3.28. The molecule has 0 N–H and O–H groups in total. The van der Waals surface area contributed by atoms with Gasteiger partial charge < -0.3 is 9.64 Å². The summed E-state index contributed by atoms with van der Waals surface area (Å²) in [5.74, 6) is -0.275. The Morgan fingerprint density at radius 2 is 1.79 bits per heavy atom. The lowest BCUT2D eigenvalue weighted by molar-refractivity contribution is -0.146. The molecule has 146 valence electrons. The molecule has 0 bridgehead atoms. The number of methoxy groups -OCH3 is 1. The minimum absolute atomic E-state index is 0.00786. The van der Waals surface area contributed by atoms with E-state index in [4.69, 9.17) is 9.72 Å². The summed E-state index contributed by atoms with van der Waals surface area (Å²) in [6.45, 7) is 5.27. The van der Waals surface area contributed by atoms with E-state index >= 15 is 0 Å². The van der Waals surface area contributed by atoms with Gasteiger partial charge in [-0.2, -0.15) is 0 Å². The van der Waals surface area contributed by atoms with Crippen molar-refractivity contribution in [3.8, 4) is 5.13 Å². The van der Waals surface area contributed by atoms with Crippen LogP contribution in [0.5, 0.6) is 0 Å². The first-order chi connectivity index (χ1) is 13.5. The maximum Gasteiger partial charge on any atom is 0.308 e. The van der Waals surface area contributed by atoms with Gasteiger partial charge in [-0.15, -0.1) is 0 Å². The van der Waals surface area contributed by atoms with E-state index in [1.54, 1.807) is 11.3 Å². The molecule has 3 aromatic rings. The number of aromatic nitrogens is 2. The number of esters is 1. The molecule has 0 atom stereocenters. The molecular weight excluding hydrogens is 374 g/mol. The molecule has 0 radical (unpaired) electrons. The zero-order chi connectivity index (χ0) is 19.8. The van der Waals surface area contributed by atoms with Crippen molar-refractivity contribution in [2.75, 3.05) is 20.2 Å². The molecule has 1 aliphatic heterocycles. The molecule has 28 heavy (non-hydrogen) atoms. The maximum absolute atomic E-state index is 12.9. The summed E-state index contributed by atoms with van der Waals surface area (Å²) < 4.78 is 7.94. The number of nitrogens with zero attached hydrogens (tertiary/aromatic N) is 3. The lowest BCUT2D eigenvalue weighted by Gasteiger charge is -2.30. The Morgan fingerprint density at radius 1 is 1.11 bits per heavy atom. The van der Waals surface area contributed by atoms with E-state index in [0.29, 0.717) is 31.5 Å². The largest absolute Gasteiger partial charge is 0.469 e. The maximum atomic E-state index is 12.9. The van der Waals surface area contributed by atoms with Crippen molar-refractivity contribution in [3.05, 3.63) is 47.3 Å². The number of benzene rings is 1.